The Balaban J connectivity index is 2.59. The Morgan fingerprint density at radius 1 is 1.39 bits per heavy atom. The van der Waals surface area contributed by atoms with E-state index in [9.17, 15) is 23.3 Å². The molecule has 0 amide bonds. The number of benzene rings is 1. The van der Waals surface area contributed by atoms with Gasteiger partial charge in [0, 0.05) is 12.5 Å². The lowest BCUT2D eigenvalue weighted by molar-refractivity contribution is -0.385. The first-order valence-electron chi connectivity index (χ1n) is 5.24. The van der Waals surface area contributed by atoms with Gasteiger partial charge in [0.05, 0.1) is 11.5 Å². The summed E-state index contributed by atoms with van der Waals surface area (Å²) < 4.78 is 40.6. The number of nitro benzene ring substituents is 1. The molecule has 7 heteroatoms. The summed E-state index contributed by atoms with van der Waals surface area (Å²) in [5, 5.41) is 10.7. The number of ether oxygens (including phenoxy) is 1. The van der Waals surface area contributed by atoms with Gasteiger partial charge < -0.3 is 4.74 Å². The van der Waals surface area contributed by atoms with Crippen molar-refractivity contribution in [3.05, 3.63) is 33.9 Å². The molecule has 0 aliphatic heterocycles. The van der Waals surface area contributed by atoms with Gasteiger partial charge in [-0.05, 0) is 25.0 Å². The highest BCUT2D eigenvalue weighted by Crippen LogP contribution is 2.28. The van der Waals surface area contributed by atoms with Crippen LogP contribution in [0.25, 0.3) is 0 Å². The smallest absolute Gasteiger partial charge is 0.389 e. The minimum atomic E-state index is -4.23. The van der Waals surface area contributed by atoms with Crippen molar-refractivity contribution in [1.29, 1.82) is 0 Å². The van der Waals surface area contributed by atoms with Crippen LogP contribution in [0.2, 0.25) is 0 Å². The quantitative estimate of drug-likeness (QED) is 0.463. The molecule has 1 aromatic rings. The molecule has 0 heterocycles. The fourth-order valence-corrected chi connectivity index (χ4v) is 1.35. The number of halogens is 3. The van der Waals surface area contributed by atoms with Gasteiger partial charge >= 0.3 is 11.9 Å². The maximum absolute atomic E-state index is 11.9. The van der Waals surface area contributed by atoms with Crippen molar-refractivity contribution in [2.45, 2.75) is 25.9 Å². The molecule has 0 spiro atoms. The van der Waals surface area contributed by atoms with Crippen LogP contribution in [0.15, 0.2) is 18.2 Å². The van der Waals surface area contributed by atoms with Crippen LogP contribution < -0.4 is 4.74 Å². The third kappa shape index (κ3) is 4.60. The molecule has 0 fully saturated rings. The zero-order valence-corrected chi connectivity index (χ0v) is 9.66. The second-order valence-electron chi connectivity index (χ2n) is 3.80. The van der Waals surface area contributed by atoms with E-state index in [1.807, 2.05) is 0 Å². The predicted octanol–water partition coefficient (Wildman–Crippen LogP) is 3.62. The van der Waals surface area contributed by atoms with Crippen molar-refractivity contribution in [2.75, 3.05) is 6.61 Å². The Bertz CT molecular complexity index is 432. The molecule has 0 saturated heterocycles. The zero-order valence-electron chi connectivity index (χ0n) is 9.66. The lowest BCUT2D eigenvalue weighted by atomic mass is 10.2. The summed E-state index contributed by atoms with van der Waals surface area (Å²) in [5.41, 5.74) is 0.450. The van der Waals surface area contributed by atoms with Crippen molar-refractivity contribution >= 4 is 5.69 Å². The molecule has 0 radical (unpaired) electrons. The van der Waals surface area contributed by atoms with E-state index < -0.39 is 17.5 Å². The Hall–Kier alpha value is -1.79. The second-order valence-corrected chi connectivity index (χ2v) is 3.80. The third-order valence-electron chi connectivity index (χ3n) is 2.17. The summed E-state index contributed by atoms with van der Waals surface area (Å²) in [7, 11) is 0. The summed E-state index contributed by atoms with van der Waals surface area (Å²) >= 11 is 0. The number of aryl methyl sites for hydroxylation is 1. The average Bonchev–Trinajstić information content (AvgIpc) is 2.24. The fourth-order valence-electron chi connectivity index (χ4n) is 1.35. The molecule has 100 valence electrons. The maximum atomic E-state index is 11.9. The van der Waals surface area contributed by atoms with E-state index in [1.54, 1.807) is 13.0 Å². The van der Waals surface area contributed by atoms with Gasteiger partial charge in [0.2, 0.25) is 0 Å². The molecule has 1 aromatic carbocycles. The third-order valence-corrected chi connectivity index (χ3v) is 2.17. The highest BCUT2D eigenvalue weighted by molar-refractivity contribution is 5.48. The van der Waals surface area contributed by atoms with E-state index in [1.165, 1.54) is 12.1 Å². The number of nitro groups is 1. The summed E-state index contributed by atoms with van der Waals surface area (Å²) in [4.78, 5) is 10.1. The lowest BCUT2D eigenvalue weighted by Crippen LogP contribution is -2.10. The van der Waals surface area contributed by atoms with Gasteiger partial charge in [-0.15, -0.1) is 0 Å². The maximum Gasteiger partial charge on any atom is 0.389 e. The van der Waals surface area contributed by atoms with E-state index in [0.29, 0.717) is 5.56 Å². The topological polar surface area (TPSA) is 52.4 Å². The molecule has 0 aliphatic carbocycles. The van der Waals surface area contributed by atoms with Gasteiger partial charge in [0.1, 0.15) is 0 Å². The normalized spacial score (nSPS) is 11.3. The van der Waals surface area contributed by atoms with Crippen LogP contribution in [0.3, 0.4) is 0 Å². The Kier molecular flexibility index (Phi) is 4.52. The van der Waals surface area contributed by atoms with Gasteiger partial charge in [-0.3, -0.25) is 10.1 Å². The molecule has 0 aromatic heterocycles. The van der Waals surface area contributed by atoms with Crippen LogP contribution in [0.4, 0.5) is 18.9 Å². The number of hydrogen-bond donors (Lipinski definition) is 0. The highest BCUT2D eigenvalue weighted by Gasteiger charge is 2.26. The SMILES string of the molecule is Cc1ccc(OCCCC(F)(F)F)c([N+](=O)[O-])c1. The Labute approximate surface area is 102 Å². The van der Waals surface area contributed by atoms with E-state index in [0.717, 1.165) is 0 Å². The predicted molar refractivity (Wildman–Crippen MR) is 58.6 cm³/mol. The zero-order chi connectivity index (χ0) is 13.8. The molecule has 0 aliphatic rings. The van der Waals surface area contributed by atoms with Crippen molar-refractivity contribution in [3.63, 3.8) is 0 Å². The van der Waals surface area contributed by atoms with Gasteiger partial charge in [0.25, 0.3) is 0 Å². The molecular formula is C11H12F3NO3. The molecule has 0 bridgehead atoms. The minimum Gasteiger partial charge on any atom is -0.487 e. The van der Waals surface area contributed by atoms with Crippen LogP contribution >= 0.6 is 0 Å². The average molecular weight is 263 g/mol. The molecular weight excluding hydrogens is 251 g/mol. The van der Waals surface area contributed by atoms with Gasteiger partial charge in [-0.2, -0.15) is 13.2 Å². The van der Waals surface area contributed by atoms with Gasteiger partial charge in [-0.1, -0.05) is 6.07 Å². The number of rotatable bonds is 5. The first-order valence-corrected chi connectivity index (χ1v) is 5.24. The van der Waals surface area contributed by atoms with Crippen LogP contribution in [-0.2, 0) is 0 Å². The van der Waals surface area contributed by atoms with E-state index in [4.69, 9.17) is 4.74 Å². The molecule has 0 atom stereocenters. The Morgan fingerprint density at radius 3 is 2.61 bits per heavy atom. The number of alkyl halides is 3. The summed E-state index contributed by atoms with van der Waals surface area (Å²) in [5.74, 6) is -0.00669. The molecule has 0 N–H and O–H groups in total. The molecule has 1 rings (SSSR count). The molecule has 0 unspecified atom stereocenters. The first-order chi connectivity index (χ1) is 8.29. The van der Waals surface area contributed by atoms with Crippen molar-refractivity contribution in [2.24, 2.45) is 0 Å². The Morgan fingerprint density at radius 2 is 2.06 bits per heavy atom. The van der Waals surface area contributed by atoms with Crippen molar-refractivity contribution in [1.82, 2.24) is 0 Å². The van der Waals surface area contributed by atoms with Crippen LogP contribution in [0, 0.1) is 17.0 Å². The number of hydrogen-bond acceptors (Lipinski definition) is 3. The fraction of sp³-hybridized carbons (Fsp3) is 0.455. The lowest BCUT2D eigenvalue weighted by Gasteiger charge is -2.08. The molecule has 18 heavy (non-hydrogen) atoms. The standard InChI is InChI=1S/C11H12F3NO3/c1-8-3-4-10(9(7-8)15(16)17)18-6-2-5-11(12,13)14/h3-4,7H,2,5-6H2,1H3. The summed E-state index contributed by atoms with van der Waals surface area (Å²) in [6.45, 7) is 1.48. The molecule has 0 saturated carbocycles. The highest BCUT2D eigenvalue weighted by atomic mass is 19.4. The van der Waals surface area contributed by atoms with Crippen LogP contribution in [-0.4, -0.2) is 17.7 Å². The second kappa shape index (κ2) is 5.70. The van der Waals surface area contributed by atoms with Gasteiger partial charge in [0.15, 0.2) is 5.75 Å². The van der Waals surface area contributed by atoms with Crippen LogP contribution in [0.1, 0.15) is 18.4 Å². The van der Waals surface area contributed by atoms with Crippen molar-refractivity contribution < 1.29 is 22.8 Å². The van der Waals surface area contributed by atoms with E-state index >= 15 is 0 Å². The summed E-state index contributed by atoms with van der Waals surface area (Å²) in [6, 6.07) is 4.31. The largest absolute Gasteiger partial charge is 0.487 e. The molecule has 4 nitrogen and oxygen atoms in total. The van der Waals surface area contributed by atoms with E-state index in [-0.39, 0.29) is 24.5 Å². The monoisotopic (exact) mass is 263 g/mol. The van der Waals surface area contributed by atoms with Crippen LogP contribution in [0.5, 0.6) is 5.75 Å². The van der Waals surface area contributed by atoms with Crippen molar-refractivity contribution in [3.8, 4) is 5.75 Å². The van der Waals surface area contributed by atoms with Gasteiger partial charge in [-0.25, -0.2) is 0 Å². The number of nitrogens with zero attached hydrogens (tertiary/aromatic N) is 1. The van der Waals surface area contributed by atoms with E-state index in [2.05, 4.69) is 0 Å². The summed E-state index contributed by atoms with van der Waals surface area (Å²) in [6.07, 6.45) is -5.43. The first kappa shape index (κ1) is 14.3. The minimum absolute atomic E-state index is 0.00669.